The van der Waals surface area contributed by atoms with Gasteiger partial charge in [0.1, 0.15) is 5.82 Å². The fourth-order valence-electron chi connectivity index (χ4n) is 1.79. The molecular weight excluding hydrogens is 246 g/mol. The number of rotatable bonds is 3. The summed E-state index contributed by atoms with van der Waals surface area (Å²) in [6.45, 7) is 2.66. The van der Waals surface area contributed by atoms with Crippen molar-refractivity contribution < 1.29 is 0 Å². The number of aromatic nitrogens is 1. The van der Waals surface area contributed by atoms with Gasteiger partial charge in [-0.1, -0.05) is 17.7 Å². The monoisotopic (exact) mass is 261 g/mol. The van der Waals surface area contributed by atoms with Gasteiger partial charge in [0.2, 0.25) is 0 Å². The van der Waals surface area contributed by atoms with Crippen LogP contribution in [-0.2, 0) is 6.54 Å². The molecule has 0 unspecified atom stereocenters. The lowest BCUT2D eigenvalue weighted by molar-refractivity contribution is 0.893. The summed E-state index contributed by atoms with van der Waals surface area (Å²) in [5.74, 6) is 0.925. The molecular formula is C14H16ClN3. The Morgan fingerprint density at radius 1 is 1.28 bits per heavy atom. The Kier molecular flexibility index (Phi) is 3.72. The minimum Gasteiger partial charge on any atom is -0.399 e. The summed E-state index contributed by atoms with van der Waals surface area (Å²) in [6.07, 6.45) is 0. The van der Waals surface area contributed by atoms with E-state index in [2.05, 4.69) is 4.98 Å². The molecule has 0 atom stereocenters. The highest BCUT2D eigenvalue weighted by Crippen LogP contribution is 2.22. The summed E-state index contributed by atoms with van der Waals surface area (Å²) in [5, 5.41) is 0.726. The average molecular weight is 262 g/mol. The number of hydrogen-bond acceptors (Lipinski definition) is 3. The largest absolute Gasteiger partial charge is 0.399 e. The Labute approximate surface area is 112 Å². The maximum Gasteiger partial charge on any atom is 0.128 e. The summed E-state index contributed by atoms with van der Waals surface area (Å²) in [7, 11) is 1.99. The smallest absolute Gasteiger partial charge is 0.128 e. The number of hydrogen-bond donors (Lipinski definition) is 1. The Morgan fingerprint density at radius 3 is 2.78 bits per heavy atom. The van der Waals surface area contributed by atoms with Gasteiger partial charge in [-0.3, -0.25) is 0 Å². The van der Waals surface area contributed by atoms with E-state index >= 15 is 0 Å². The Bertz CT molecular complexity index is 554. The highest BCUT2D eigenvalue weighted by atomic mass is 35.5. The van der Waals surface area contributed by atoms with Crippen molar-refractivity contribution in [3.05, 3.63) is 52.7 Å². The Morgan fingerprint density at radius 2 is 2.06 bits per heavy atom. The second-order valence-corrected chi connectivity index (χ2v) is 4.75. The standard InChI is InChI=1S/C14H16ClN3/c1-10-4-3-5-14(17-10)18(2)9-11-8-12(16)6-7-13(11)15/h3-8H,9,16H2,1-2H3. The van der Waals surface area contributed by atoms with E-state index in [9.17, 15) is 0 Å². The summed E-state index contributed by atoms with van der Waals surface area (Å²) in [5.41, 5.74) is 8.50. The first kappa shape index (κ1) is 12.7. The first-order valence-electron chi connectivity index (χ1n) is 5.75. The third kappa shape index (κ3) is 2.93. The lowest BCUT2D eigenvalue weighted by Crippen LogP contribution is -2.18. The van der Waals surface area contributed by atoms with E-state index in [-0.39, 0.29) is 0 Å². The van der Waals surface area contributed by atoms with Gasteiger partial charge in [-0.25, -0.2) is 4.98 Å². The molecule has 18 heavy (non-hydrogen) atoms. The van der Waals surface area contributed by atoms with E-state index in [1.165, 1.54) is 0 Å². The number of aryl methyl sites for hydroxylation is 1. The first-order valence-corrected chi connectivity index (χ1v) is 6.13. The van der Waals surface area contributed by atoms with Crippen molar-refractivity contribution in [3.8, 4) is 0 Å². The zero-order valence-electron chi connectivity index (χ0n) is 10.5. The molecule has 0 saturated heterocycles. The molecule has 1 aromatic heterocycles. The van der Waals surface area contributed by atoms with Crippen LogP contribution in [0.1, 0.15) is 11.3 Å². The molecule has 1 aromatic carbocycles. The molecule has 2 N–H and O–H groups in total. The van der Waals surface area contributed by atoms with Gasteiger partial charge in [0, 0.05) is 30.0 Å². The molecule has 4 heteroatoms. The molecule has 0 saturated carbocycles. The molecule has 0 radical (unpaired) electrons. The van der Waals surface area contributed by atoms with Crippen LogP contribution in [0.2, 0.25) is 5.02 Å². The van der Waals surface area contributed by atoms with Crippen molar-refractivity contribution in [1.29, 1.82) is 0 Å². The quantitative estimate of drug-likeness (QED) is 0.863. The molecule has 0 aliphatic carbocycles. The summed E-state index contributed by atoms with van der Waals surface area (Å²) < 4.78 is 0. The van der Waals surface area contributed by atoms with Crippen LogP contribution in [0.4, 0.5) is 11.5 Å². The third-order valence-corrected chi connectivity index (χ3v) is 3.11. The molecule has 0 aliphatic heterocycles. The van der Waals surface area contributed by atoms with Crippen LogP contribution in [0.25, 0.3) is 0 Å². The van der Waals surface area contributed by atoms with E-state index in [1.807, 2.05) is 49.2 Å². The normalized spacial score (nSPS) is 10.4. The number of benzene rings is 1. The maximum absolute atomic E-state index is 6.16. The van der Waals surface area contributed by atoms with E-state index in [0.29, 0.717) is 6.54 Å². The summed E-state index contributed by atoms with van der Waals surface area (Å²) >= 11 is 6.16. The van der Waals surface area contributed by atoms with Gasteiger partial charge in [-0.2, -0.15) is 0 Å². The molecule has 94 valence electrons. The Hall–Kier alpha value is -1.74. The van der Waals surface area contributed by atoms with Crippen LogP contribution >= 0.6 is 11.6 Å². The fourth-order valence-corrected chi connectivity index (χ4v) is 1.97. The van der Waals surface area contributed by atoms with Gasteiger partial charge in [-0.05, 0) is 42.8 Å². The van der Waals surface area contributed by atoms with Crippen LogP contribution in [0.15, 0.2) is 36.4 Å². The first-order chi connectivity index (χ1) is 8.56. The van der Waals surface area contributed by atoms with E-state index in [4.69, 9.17) is 17.3 Å². The van der Waals surface area contributed by atoms with Gasteiger partial charge >= 0.3 is 0 Å². The van der Waals surface area contributed by atoms with E-state index in [1.54, 1.807) is 6.07 Å². The lowest BCUT2D eigenvalue weighted by Gasteiger charge is -2.19. The molecule has 0 amide bonds. The fraction of sp³-hybridized carbons (Fsp3) is 0.214. The number of nitrogens with two attached hydrogens (primary N) is 1. The predicted molar refractivity (Wildman–Crippen MR) is 76.9 cm³/mol. The van der Waals surface area contributed by atoms with E-state index < -0.39 is 0 Å². The molecule has 2 aromatic rings. The SMILES string of the molecule is Cc1cccc(N(C)Cc2cc(N)ccc2Cl)n1. The topological polar surface area (TPSA) is 42.1 Å². The number of nitrogens with zero attached hydrogens (tertiary/aromatic N) is 2. The van der Waals surface area contributed by atoms with Gasteiger partial charge in [0.15, 0.2) is 0 Å². The molecule has 0 aliphatic rings. The number of pyridine rings is 1. The van der Waals surface area contributed by atoms with Crippen LogP contribution in [0.5, 0.6) is 0 Å². The van der Waals surface area contributed by atoms with Crippen LogP contribution < -0.4 is 10.6 Å². The van der Waals surface area contributed by atoms with Crippen molar-refractivity contribution in [2.24, 2.45) is 0 Å². The van der Waals surface area contributed by atoms with Crippen molar-refractivity contribution >= 4 is 23.1 Å². The van der Waals surface area contributed by atoms with Crippen LogP contribution in [0, 0.1) is 6.92 Å². The molecule has 0 spiro atoms. The average Bonchev–Trinajstić information content (AvgIpc) is 2.34. The summed E-state index contributed by atoms with van der Waals surface area (Å²) in [6, 6.07) is 11.5. The molecule has 3 nitrogen and oxygen atoms in total. The molecule has 0 bridgehead atoms. The van der Waals surface area contributed by atoms with E-state index in [0.717, 1.165) is 27.8 Å². The zero-order chi connectivity index (χ0) is 13.1. The van der Waals surface area contributed by atoms with Gasteiger partial charge in [0.05, 0.1) is 0 Å². The molecule has 1 heterocycles. The second kappa shape index (κ2) is 5.27. The lowest BCUT2D eigenvalue weighted by atomic mass is 10.2. The van der Waals surface area contributed by atoms with Crippen molar-refractivity contribution in [3.63, 3.8) is 0 Å². The third-order valence-electron chi connectivity index (χ3n) is 2.74. The highest BCUT2D eigenvalue weighted by Gasteiger charge is 2.07. The summed E-state index contributed by atoms with van der Waals surface area (Å²) in [4.78, 5) is 6.52. The van der Waals surface area contributed by atoms with Gasteiger partial charge < -0.3 is 10.6 Å². The van der Waals surface area contributed by atoms with Crippen molar-refractivity contribution in [2.75, 3.05) is 17.7 Å². The van der Waals surface area contributed by atoms with Crippen LogP contribution in [0.3, 0.4) is 0 Å². The van der Waals surface area contributed by atoms with Crippen molar-refractivity contribution in [1.82, 2.24) is 4.98 Å². The van der Waals surface area contributed by atoms with Gasteiger partial charge in [-0.15, -0.1) is 0 Å². The zero-order valence-corrected chi connectivity index (χ0v) is 11.3. The Balaban J connectivity index is 2.21. The number of halogens is 1. The maximum atomic E-state index is 6.16. The number of anilines is 2. The van der Waals surface area contributed by atoms with Crippen LogP contribution in [-0.4, -0.2) is 12.0 Å². The molecule has 2 rings (SSSR count). The number of nitrogen functional groups attached to an aromatic ring is 1. The van der Waals surface area contributed by atoms with Crippen molar-refractivity contribution in [2.45, 2.75) is 13.5 Å². The highest BCUT2D eigenvalue weighted by molar-refractivity contribution is 6.31. The molecule has 0 fully saturated rings. The minimum absolute atomic E-state index is 0.681. The predicted octanol–water partition coefficient (Wildman–Crippen LogP) is 3.26. The second-order valence-electron chi connectivity index (χ2n) is 4.34. The minimum atomic E-state index is 0.681. The van der Waals surface area contributed by atoms with Gasteiger partial charge in [0.25, 0.3) is 0 Å².